The molecule has 4 nitrogen and oxygen atoms in total. The molecule has 0 aromatic heterocycles. The monoisotopic (exact) mass is 261 g/mol. The van der Waals surface area contributed by atoms with Gasteiger partial charge in [-0.05, 0) is 31.8 Å². The van der Waals surface area contributed by atoms with E-state index in [-0.39, 0.29) is 5.97 Å². The summed E-state index contributed by atoms with van der Waals surface area (Å²) in [4.78, 5) is 14.1. The minimum absolute atomic E-state index is 0.255. The molecule has 1 heterocycles. The molecule has 5 heteroatoms. The average Bonchev–Trinajstić information content (AvgIpc) is 2.84. The topological polar surface area (TPSA) is 49.8 Å². The molecule has 1 N–H and O–H groups in total. The van der Waals surface area contributed by atoms with Gasteiger partial charge in [0.15, 0.2) is 0 Å². The maximum Gasteiger partial charge on any atom is 0.377 e. The fourth-order valence-corrected chi connectivity index (χ4v) is 3.05. The van der Waals surface area contributed by atoms with Gasteiger partial charge in [-0.15, -0.1) is 0 Å². The van der Waals surface area contributed by atoms with Crippen LogP contribution in [0.5, 0.6) is 0 Å². The van der Waals surface area contributed by atoms with Crippen molar-refractivity contribution in [2.75, 3.05) is 13.7 Å². The van der Waals surface area contributed by atoms with E-state index < -0.39 is 12.6 Å². The third kappa shape index (κ3) is 2.67. The Morgan fingerprint density at radius 3 is 2.74 bits per heavy atom. The number of benzene rings is 1. The summed E-state index contributed by atoms with van der Waals surface area (Å²) in [7, 11) is 0.762. The summed E-state index contributed by atoms with van der Waals surface area (Å²) in [5.41, 5.74) is 0.352. The van der Waals surface area contributed by atoms with E-state index in [1.165, 1.54) is 7.11 Å². The summed E-state index contributed by atoms with van der Waals surface area (Å²) < 4.78 is 5.00. The van der Waals surface area contributed by atoms with Crippen LogP contribution >= 0.6 is 0 Å². The predicted octanol–water partition coefficient (Wildman–Crippen LogP) is 1.35. The van der Waals surface area contributed by atoms with Gasteiger partial charge in [0, 0.05) is 6.42 Å². The molecular formula is C14H20BNO3. The second-order valence-electron chi connectivity index (χ2n) is 5.11. The summed E-state index contributed by atoms with van der Waals surface area (Å²) in [6.07, 6.45) is 2.19. The highest BCUT2D eigenvalue weighted by atomic mass is 16.5. The van der Waals surface area contributed by atoms with Crippen LogP contribution in [0.2, 0.25) is 6.82 Å². The van der Waals surface area contributed by atoms with E-state index in [9.17, 15) is 9.82 Å². The number of methoxy groups -OCH3 is 1. The molecule has 0 radical (unpaired) electrons. The fourth-order valence-electron chi connectivity index (χ4n) is 3.05. The van der Waals surface area contributed by atoms with Gasteiger partial charge in [-0.25, -0.2) is 0 Å². The quantitative estimate of drug-likeness (QED) is 0.656. The molecule has 1 atom stereocenters. The molecule has 1 aliphatic heterocycles. The van der Waals surface area contributed by atoms with Gasteiger partial charge >= 0.3 is 13.0 Å². The van der Waals surface area contributed by atoms with Crippen molar-refractivity contribution in [1.29, 1.82) is 0 Å². The molecule has 1 aromatic rings. The lowest BCUT2D eigenvalue weighted by atomic mass is 9.77. The molecule has 19 heavy (non-hydrogen) atoms. The molecule has 1 aliphatic rings. The highest BCUT2D eigenvalue weighted by Gasteiger charge is 2.50. The zero-order valence-electron chi connectivity index (χ0n) is 11.5. The SMILES string of the molecule is COC(=O)[C@]1(Cc2ccccc2)CCCN1B(C)O. The van der Waals surface area contributed by atoms with Gasteiger partial charge in [-0.1, -0.05) is 30.3 Å². The lowest BCUT2D eigenvalue weighted by molar-refractivity contribution is -0.151. The van der Waals surface area contributed by atoms with Crippen molar-refractivity contribution in [3.63, 3.8) is 0 Å². The van der Waals surface area contributed by atoms with Gasteiger partial charge in [0.2, 0.25) is 0 Å². The van der Waals surface area contributed by atoms with E-state index in [2.05, 4.69) is 0 Å². The summed E-state index contributed by atoms with van der Waals surface area (Å²) in [5, 5.41) is 9.93. The van der Waals surface area contributed by atoms with Gasteiger partial charge in [-0.3, -0.25) is 4.79 Å². The lowest BCUT2D eigenvalue weighted by Gasteiger charge is -2.37. The second kappa shape index (κ2) is 5.76. The summed E-state index contributed by atoms with van der Waals surface area (Å²) >= 11 is 0. The summed E-state index contributed by atoms with van der Waals surface area (Å²) in [5.74, 6) is -0.255. The van der Waals surface area contributed by atoms with Crippen LogP contribution in [-0.2, 0) is 16.0 Å². The first kappa shape index (κ1) is 14.1. The Bertz CT molecular complexity index is 438. The highest BCUT2D eigenvalue weighted by molar-refractivity contribution is 6.46. The largest absolute Gasteiger partial charge is 0.468 e. The van der Waals surface area contributed by atoms with Crippen molar-refractivity contribution >= 4 is 13.0 Å². The molecule has 0 spiro atoms. The molecule has 1 fully saturated rings. The van der Waals surface area contributed by atoms with Crippen molar-refractivity contribution in [3.05, 3.63) is 35.9 Å². The van der Waals surface area contributed by atoms with Crippen molar-refractivity contribution in [2.45, 2.75) is 31.6 Å². The zero-order valence-corrected chi connectivity index (χ0v) is 11.5. The van der Waals surface area contributed by atoms with Gasteiger partial charge in [0.1, 0.15) is 5.54 Å². The third-order valence-electron chi connectivity index (χ3n) is 3.89. The molecule has 1 aromatic carbocycles. The maximum atomic E-state index is 12.3. The van der Waals surface area contributed by atoms with Gasteiger partial charge in [0.25, 0.3) is 0 Å². The molecule has 102 valence electrons. The minimum Gasteiger partial charge on any atom is -0.468 e. The van der Waals surface area contributed by atoms with E-state index in [0.29, 0.717) is 6.42 Å². The number of rotatable bonds is 4. The van der Waals surface area contributed by atoms with Gasteiger partial charge < -0.3 is 14.6 Å². The molecular weight excluding hydrogens is 241 g/mol. The smallest absolute Gasteiger partial charge is 0.377 e. The van der Waals surface area contributed by atoms with E-state index in [1.54, 1.807) is 6.82 Å². The van der Waals surface area contributed by atoms with Crippen LogP contribution in [0.3, 0.4) is 0 Å². The Morgan fingerprint density at radius 1 is 1.47 bits per heavy atom. The molecule has 2 rings (SSSR count). The first-order valence-corrected chi connectivity index (χ1v) is 6.67. The van der Waals surface area contributed by atoms with Crippen molar-refractivity contribution < 1.29 is 14.6 Å². The Kier molecular flexibility index (Phi) is 4.27. The van der Waals surface area contributed by atoms with Gasteiger partial charge in [-0.2, -0.15) is 0 Å². The van der Waals surface area contributed by atoms with Crippen molar-refractivity contribution in [3.8, 4) is 0 Å². The maximum absolute atomic E-state index is 12.3. The Hall–Kier alpha value is -1.33. The normalized spacial score (nSPS) is 23.3. The Balaban J connectivity index is 2.32. The van der Waals surface area contributed by atoms with Gasteiger partial charge in [0.05, 0.1) is 7.11 Å². The van der Waals surface area contributed by atoms with Crippen LogP contribution in [-0.4, -0.2) is 42.0 Å². The molecule has 0 aliphatic carbocycles. The van der Waals surface area contributed by atoms with Crippen LogP contribution in [0.25, 0.3) is 0 Å². The number of esters is 1. The fraction of sp³-hybridized carbons (Fsp3) is 0.500. The third-order valence-corrected chi connectivity index (χ3v) is 3.89. The van der Waals surface area contributed by atoms with Crippen LogP contribution in [0, 0.1) is 0 Å². The first-order chi connectivity index (χ1) is 9.10. The number of ether oxygens (including phenoxy) is 1. The Labute approximate surface area is 114 Å². The standard InChI is InChI=1S/C14H20BNO3/c1-15(18)16-10-6-9-14(16,13(17)19-2)11-12-7-4-3-5-8-12/h3-5,7-8,18H,6,9-11H2,1-2H3/t14-/m1/s1. The number of carbonyl (C=O) groups is 1. The number of carbonyl (C=O) groups excluding carboxylic acids is 1. The second-order valence-corrected chi connectivity index (χ2v) is 5.11. The lowest BCUT2D eigenvalue weighted by Crippen LogP contribution is -2.57. The van der Waals surface area contributed by atoms with Crippen molar-refractivity contribution in [2.24, 2.45) is 0 Å². The average molecular weight is 261 g/mol. The Morgan fingerprint density at radius 2 is 2.16 bits per heavy atom. The number of nitrogens with zero attached hydrogens (tertiary/aromatic N) is 1. The zero-order chi connectivity index (χ0) is 13.9. The van der Waals surface area contributed by atoms with Crippen LogP contribution in [0.1, 0.15) is 18.4 Å². The van der Waals surface area contributed by atoms with Crippen LogP contribution < -0.4 is 0 Å². The van der Waals surface area contributed by atoms with E-state index in [4.69, 9.17) is 4.74 Å². The molecule has 0 amide bonds. The molecule has 0 unspecified atom stereocenters. The summed E-state index contributed by atoms with van der Waals surface area (Å²) in [6.45, 7) is 2.42. The van der Waals surface area contributed by atoms with E-state index in [0.717, 1.165) is 24.9 Å². The van der Waals surface area contributed by atoms with E-state index in [1.807, 2.05) is 35.1 Å². The highest BCUT2D eigenvalue weighted by Crippen LogP contribution is 2.34. The molecule has 1 saturated heterocycles. The first-order valence-electron chi connectivity index (χ1n) is 6.67. The molecule has 0 saturated carbocycles. The predicted molar refractivity (Wildman–Crippen MR) is 74.7 cm³/mol. The molecule has 0 bridgehead atoms. The number of hydrogen-bond acceptors (Lipinski definition) is 4. The minimum atomic E-state index is -0.732. The summed E-state index contributed by atoms with van der Waals surface area (Å²) in [6, 6.07) is 9.88. The van der Waals surface area contributed by atoms with E-state index >= 15 is 0 Å². The van der Waals surface area contributed by atoms with Crippen LogP contribution in [0.4, 0.5) is 0 Å². The van der Waals surface area contributed by atoms with Crippen molar-refractivity contribution in [1.82, 2.24) is 4.81 Å². The van der Waals surface area contributed by atoms with Crippen LogP contribution in [0.15, 0.2) is 30.3 Å². The number of hydrogen-bond donors (Lipinski definition) is 1.